The summed E-state index contributed by atoms with van der Waals surface area (Å²) in [4.78, 5) is 12.1. The Morgan fingerprint density at radius 1 is 1.00 bits per heavy atom. The molecule has 122 valence electrons. The van der Waals surface area contributed by atoms with Crippen LogP contribution in [-0.2, 0) is 16.4 Å². The highest BCUT2D eigenvalue weighted by atomic mass is 32.2. The van der Waals surface area contributed by atoms with E-state index in [1.54, 1.807) is 26.0 Å². The molecule has 0 aliphatic carbocycles. The fourth-order valence-electron chi connectivity index (χ4n) is 1.95. The number of hydrogen-bond acceptors (Lipinski definition) is 3. The highest BCUT2D eigenvalue weighted by Crippen LogP contribution is 2.18. The average molecular weight is 332 g/mol. The molecule has 2 amide bonds. The summed E-state index contributed by atoms with van der Waals surface area (Å²) in [5, 5.41) is 4.94. The summed E-state index contributed by atoms with van der Waals surface area (Å²) in [5.74, 6) is 0. The topological polar surface area (TPSA) is 75.3 Å². The zero-order chi connectivity index (χ0) is 16.9. The molecule has 0 bridgehead atoms. The van der Waals surface area contributed by atoms with Gasteiger partial charge in [-0.05, 0) is 43.7 Å². The van der Waals surface area contributed by atoms with Crippen molar-refractivity contribution in [3.8, 4) is 0 Å². The van der Waals surface area contributed by atoms with Gasteiger partial charge in [0.15, 0.2) is 9.84 Å². The van der Waals surface area contributed by atoms with Crippen LogP contribution in [0.15, 0.2) is 59.5 Å². The maximum Gasteiger partial charge on any atom is 0.319 e. The summed E-state index contributed by atoms with van der Waals surface area (Å²) in [5.41, 5.74) is 1.54. The van der Waals surface area contributed by atoms with Crippen molar-refractivity contribution in [1.29, 1.82) is 0 Å². The SMILES string of the molecule is CC(C)S(=O)(=O)c1ccc(NC(=O)NCc2ccccc2)cc1. The standard InChI is InChI=1S/C17H20N2O3S/c1-13(2)23(21,22)16-10-8-15(9-11-16)19-17(20)18-12-14-6-4-3-5-7-14/h3-11,13H,12H2,1-2H3,(H2,18,19,20). The number of rotatable bonds is 5. The fraction of sp³-hybridized carbons (Fsp3) is 0.235. The Kier molecular flexibility index (Phi) is 5.39. The summed E-state index contributed by atoms with van der Waals surface area (Å²) in [6.07, 6.45) is 0. The van der Waals surface area contributed by atoms with E-state index in [4.69, 9.17) is 0 Å². The van der Waals surface area contributed by atoms with Gasteiger partial charge in [-0.15, -0.1) is 0 Å². The van der Waals surface area contributed by atoms with Crippen LogP contribution < -0.4 is 10.6 Å². The molecule has 0 saturated carbocycles. The zero-order valence-corrected chi connectivity index (χ0v) is 13.9. The molecule has 23 heavy (non-hydrogen) atoms. The molecule has 5 nitrogen and oxygen atoms in total. The normalized spacial score (nSPS) is 11.3. The van der Waals surface area contributed by atoms with Gasteiger partial charge >= 0.3 is 6.03 Å². The molecule has 0 aliphatic rings. The number of benzene rings is 2. The molecule has 0 spiro atoms. The minimum atomic E-state index is -3.30. The highest BCUT2D eigenvalue weighted by Gasteiger charge is 2.18. The Hall–Kier alpha value is -2.34. The lowest BCUT2D eigenvalue weighted by atomic mass is 10.2. The Balaban J connectivity index is 1.94. The van der Waals surface area contributed by atoms with Crippen molar-refractivity contribution in [3.05, 3.63) is 60.2 Å². The molecule has 2 aromatic rings. The van der Waals surface area contributed by atoms with Crippen LogP contribution in [0.2, 0.25) is 0 Å². The Bertz CT molecular complexity index is 754. The van der Waals surface area contributed by atoms with Crippen molar-refractivity contribution < 1.29 is 13.2 Å². The van der Waals surface area contributed by atoms with Crippen molar-refractivity contribution in [3.63, 3.8) is 0 Å². The second kappa shape index (κ2) is 7.28. The number of anilines is 1. The van der Waals surface area contributed by atoms with Crippen LogP contribution in [0.1, 0.15) is 19.4 Å². The first kappa shape index (κ1) is 17.0. The third kappa shape index (κ3) is 4.56. The molecule has 0 unspecified atom stereocenters. The Labute approximate surface area is 136 Å². The van der Waals surface area contributed by atoms with Gasteiger partial charge in [0, 0.05) is 12.2 Å². The van der Waals surface area contributed by atoms with Crippen molar-refractivity contribution in [1.82, 2.24) is 5.32 Å². The second-order valence-electron chi connectivity index (χ2n) is 5.41. The lowest BCUT2D eigenvalue weighted by Crippen LogP contribution is -2.28. The fourth-order valence-corrected chi connectivity index (χ4v) is 3.01. The van der Waals surface area contributed by atoms with Gasteiger partial charge in [-0.25, -0.2) is 13.2 Å². The smallest absolute Gasteiger partial charge is 0.319 e. The van der Waals surface area contributed by atoms with Crippen molar-refractivity contribution in [2.24, 2.45) is 0 Å². The van der Waals surface area contributed by atoms with Crippen molar-refractivity contribution >= 4 is 21.6 Å². The van der Waals surface area contributed by atoms with E-state index >= 15 is 0 Å². The highest BCUT2D eigenvalue weighted by molar-refractivity contribution is 7.92. The summed E-state index contributed by atoms with van der Waals surface area (Å²) >= 11 is 0. The van der Waals surface area contributed by atoms with Gasteiger partial charge in [0.2, 0.25) is 0 Å². The average Bonchev–Trinajstić information content (AvgIpc) is 2.54. The summed E-state index contributed by atoms with van der Waals surface area (Å²) in [7, 11) is -3.30. The molecular weight excluding hydrogens is 312 g/mol. The molecule has 0 atom stereocenters. The largest absolute Gasteiger partial charge is 0.334 e. The van der Waals surface area contributed by atoms with E-state index in [2.05, 4.69) is 10.6 Å². The van der Waals surface area contributed by atoms with Crippen LogP contribution in [0.25, 0.3) is 0 Å². The molecule has 2 N–H and O–H groups in total. The quantitative estimate of drug-likeness (QED) is 0.883. The van der Waals surface area contributed by atoms with E-state index < -0.39 is 15.1 Å². The number of amides is 2. The maximum atomic E-state index is 12.0. The van der Waals surface area contributed by atoms with Crippen LogP contribution in [0.5, 0.6) is 0 Å². The van der Waals surface area contributed by atoms with Crippen molar-refractivity contribution in [2.45, 2.75) is 30.5 Å². The second-order valence-corrected chi connectivity index (χ2v) is 7.92. The van der Waals surface area contributed by atoms with Crippen LogP contribution in [0.4, 0.5) is 10.5 Å². The molecule has 2 rings (SSSR count). The Morgan fingerprint density at radius 2 is 1.61 bits per heavy atom. The minimum absolute atomic E-state index is 0.253. The van der Waals surface area contributed by atoms with Gasteiger partial charge in [0.25, 0.3) is 0 Å². The molecule has 0 heterocycles. The van der Waals surface area contributed by atoms with Gasteiger partial charge in [-0.1, -0.05) is 30.3 Å². The first-order chi connectivity index (χ1) is 10.9. The molecule has 0 fully saturated rings. The molecule has 0 radical (unpaired) electrons. The van der Waals surface area contributed by atoms with Crippen molar-refractivity contribution in [2.75, 3.05) is 5.32 Å². The number of sulfone groups is 1. The number of urea groups is 1. The van der Waals surface area contributed by atoms with E-state index in [-0.39, 0.29) is 10.9 Å². The number of carbonyl (C=O) groups is 1. The third-order valence-corrected chi connectivity index (χ3v) is 5.53. The summed E-state index contributed by atoms with van der Waals surface area (Å²) in [6.45, 7) is 3.70. The van der Waals surface area contributed by atoms with Gasteiger partial charge in [0.05, 0.1) is 10.1 Å². The van der Waals surface area contributed by atoms with E-state index in [1.807, 2.05) is 30.3 Å². The zero-order valence-electron chi connectivity index (χ0n) is 13.1. The lowest BCUT2D eigenvalue weighted by Gasteiger charge is -2.10. The Morgan fingerprint density at radius 3 is 2.17 bits per heavy atom. The number of nitrogens with one attached hydrogen (secondary N) is 2. The number of carbonyl (C=O) groups excluding carboxylic acids is 1. The van der Waals surface area contributed by atoms with Crippen LogP contribution >= 0.6 is 0 Å². The van der Waals surface area contributed by atoms with E-state index in [9.17, 15) is 13.2 Å². The maximum absolute atomic E-state index is 12.0. The van der Waals surface area contributed by atoms with E-state index in [1.165, 1.54) is 12.1 Å². The van der Waals surface area contributed by atoms with E-state index in [0.29, 0.717) is 12.2 Å². The van der Waals surface area contributed by atoms with Crippen LogP contribution in [-0.4, -0.2) is 19.7 Å². The third-order valence-electron chi connectivity index (χ3n) is 3.36. The van der Waals surface area contributed by atoms with Gasteiger partial charge in [-0.2, -0.15) is 0 Å². The molecular formula is C17H20N2O3S. The predicted octanol–water partition coefficient (Wildman–Crippen LogP) is 3.19. The molecule has 0 aliphatic heterocycles. The van der Waals surface area contributed by atoms with Gasteiger partial charge in [-0.3, -0.25) is 0 Å². The molecule has 0 aromatic heterocycles. The summed E-state index contributed by atoms with van der Waals surface area (Å²) in [6, 6.07) is 15.4. The minimum Gasteiger partial charge on any atom is -0.334 e. The molecule has 0 saturated heterocycles. The monoisotopic (exact) mass is 332 g/mol. The molecule has 6 heteroatoms. The summed E-state index contributed by atoms with van der Waals surface area (Å²) < 4.78 is 24.1. The predicted molar refractivity (Wildman–Crippen MR) is 91.1 cm³/mol. The van der Waals surface area contributed by atoms with E-state index in [0.717, 1.165) is 5.56 Å². The van der Waals surface area contributed by atoms with Gasteiger partial charge < -0.3 is 10.6 Å². The lowest BCUT2D eigenvalue weighted by molar-refractivity contribution is 0.251. The van der Waals surface area contributed by atoms with Gasteiger partial charge in [0.1, 0.15) is 0 Å². The number of hydrogen-bond donors (Lipinski definition) is 2. The first-order valence-electron chi connectivity index (χ1n) is 7.32. The first-order valence-corrected chi connectivity index (χ1v) is 8.87. The molecule has 2 aromatic carbocycles. The van der Waals surface area contributed by atoms with Crippen LogP contribution in [0.3, 0.4) is 0 Å². The van der Waals surface area contributed by atoms with Crippen LogP contribution in [0, 0.1) is 0 Å².